The van der Waals surface area contributed by atoms with Crippen molar-refractivity contribution in [3.8, 4) is 11.8 Å². The predicted molar refractivity (Wildman–Crippen MR) is 221 cm³/mol. The molecule has 2 aromatic heterocycles. The molecule has 0 aliphatic carbocycles. The number of anilines is 1. The number of hydrogen-bond acceptors (Lipinski definition) is 14. The fraction of sp³-hybridized carbons (Fsp3) is 0.643. The Balaban J connectivity index is 1.45. The second kappa shape index (κ2) is 24.2. The first kappa shape index (κ1) is 47.6. The molecule has 1 aliphatic rings. The van der Waals surface area contributed by atoms with Crippen LogP contribution in [-0.2, 0) is 43.2 Å². The number of nitriles is 1. The minimum Gasteiger partial charge on any atom is -0.464 e. The fourth-order valence-corrected chi connectivity index (χ4v) is 8.36. The van der Waals surface area contributed by atoms with Crippen LogP contribution in [-0.4, -0.2) is 82.4 Å². The molecule has 0 amide bonds. The fourth-order valence-electron chi connectivity index (χ4n) is 6.85. The summed E-state index contributed by atoms with van der Waals surface area (Å²) in [5, 5.41) is 29.4. The van der Waals surface area contributed by atoms with E-state index < -0.39 is 56.2 Å². The normalized spacial score (nSPS) is 20.6. The number of aliphatic hydroxyl groups is 1. The third-order valence-corrected chi connectivity index (χ3v) is 12.2. The number of rotatable bonds is 28. The van der Waals surface area contributed by atoms with Gasteiger partial charge in [-0.25, -0.2) is 14.1 Å². The molecule has 0 saturated carbocycles. The summed E-state index contributed by atoms with van der Waals surface area (Å²) in [6, 6.07) is 12.2. The van der Waals surface area contributed by atoms with E-state index in [1.54, 1.807) is 36.4 Å². The molecule has 1 saturated heterocycles. The standard InChI is InChI=1S/C42H63N6O10P/c1-5-8-9-10-11-12-13-14-15-19-25-53-26-24-37(49)56-39-38(50)35(57-42(39,29-43)36-23-22-34-40(44)45-30-46-48(34)36)28-55-59(52,58-33-20-17-16-18-21-33)47-31(4)41(51)54-27-32(6-2)7-3/h16-18,20-23,30-32,35,38-39,50H,5-15,19,24-28H2,1-4H3,(H,47,52)(H2,44,45,46)/t31-,35?,38-,39-,42+,59?/m1/s1. The van der Waals surface area contributed by atoms with Crippen molar-refractivity contribution in [2.24, 2.45) is 5.92 Å². The van der Waals surface area contributed by atoms with Gasteiger partial charge in [0.1, 0.15) is 41.9 Å². The molecule has 1 aromatic carbocycles. The highest BCUT2D eigenvalue weighted by Crippen LogP contribution is 2.48. The monoisotopic (exact) mass is 842 g/mol. The van der Waals surface area contributed by atoms with Crippen molar-refractivity contribution >= 4 is 31.0 Å². The molecule has 3 heterocycles. The van der Waals surface area contributed by atoms with Crippen LogP contribution in [0.3, 0.4) is 0 Å². The van der Waals surface area contributed by atoms with Gasteiger partial charge >= 0.3 is 19.7 Å². The van der Waals surface area contributed by atoms with E-state index in [0.29, 0.717) is 12.1 Å². The van der Waals surface area contributed by atoms with Crippen LogP contribution in [0.2, 0.25) is 0 Å². The van der Waals surface area contributed by atoms with Gasteiger partial charge in [-0.2, -0.15) is 15.4 Å². The molecule has 3 aromatic rings. The number of nitrogens with two attached hydrogens (primary N) is 1. The molecule has 4 rings (SSSR count). The Morgan fingerprint density at radius 1 is 1.02 bits per heavy atom. The van der Waals surface area contributed by atoms with Crippen molar-refractivity contribution in [1.29, 1.82) is 5.26 Å². The van der Waals surface area contributed by atoms with Crippen molar-refractivity contribution < 1.29 is 47.3 Å². The number of carbonyl (C=O) groups is 2. The zero-order valence-corrected chi connectivity index (χ0v) is 35.9. The minimum absolute atomic E-state index is 0.0771. The Hall–Kier alpha value is -4.10. The topological polar surface area (TPSA) is 219 Å². The lowest BCUT2D eigenvalue weighted by Gasteiger charge is -2.27. The number of aromatic nitrogens is 3. The number of nitrogen functional groups attached to an aromatic ring is 1. The van der Waals surface area contributed by atoms with E-state index in [1.165, 1.54) is 68.8 Å². The largest absolute Gasteiger partial charge is 0.464 e. The number of fused-ring (bicyclic) bond motifs is 1. The van der Waals surface area contributed by atoms with Crippen molar-refractivity contribution in [2.75, 3.05) is 32.2 Å². The molecule has 4 N–H and O–H groups in total. The molecule has 0 radical (unpaired) electrons. The summed E-state index contributed by atoms with van der Waals surface area (Å²) >= 11 is 0. The average Bonchev–Trinajstić information content (AvgIpc) is 3.79. The first-order valence-electron chi connectivity index (χ1n) is 21.1. The van der Waals surface area contributed by atoms with Gasteiger partial charge in [0.15, 0.2) is 11.9 Å². The zero-order chi connectivity index (χ0) is 42.7. The highest BCUT2D eigenvalue weighted by molar-refractivity contribution is 7.52. The number of para-hydroxylation sites is 1. The van der Waals surface area contributed by atoms with Gasteiger partial charge in [0.05, 0.1) is 31.9 Å². The van der Waals surface area contributed by atoms with E-state index >= 15 is 0 Å². The predicted octanol–water partition coefficient (Wildman–Crippen LogP) is 7.19. The van der Waals surface area contributed by atoms with E-state index in [0.717, 1.165) is 32.1 Å². The zero-order valence-electron chi connectivity index (χ0n) is 35.0. The second-order valence-electron chi connectivity index (χ2n) is 15.0. The summed E-state index contributed by atoms with van der Waals surface area (Å²) in [5.41, 5.74) is 4.38. The number of hydrogen-bond donors (Lipinski definition) is 3. The molecule has 17 heteroatoms. The van der Waals surface area contributed by atoms with Crippen LogP contribution >= 0.6 is 7.75 Å². The Labute approximate surface area is 348 Å². The third kappa shape index (κ3) is 13.7. The van der Waals surface area contributed by atoms with Crippen LogP contribution in [0.5, 0.6) is 5.75 Å². The van der Waals surface area contributed by atoms with Crippen LogP contribution < -0.4 is 15.3 Å². The Bertz CT molecular complexity index is 1820. The summed E-state index contributed by atoms with van der Waals surface area (Å²) in [4.78, 5) is 30.3. The molecule has 16 nitrogen and oxygen atoms in total. The molecule has 2 unspecified atom stereocenters. The third-order valence-electron chi connectivity index (χ3n) is 10.5. The van der Waals surface area contributed by atoms with Crippen molar-refractivity contribution in [1.82, 2.24) is 19.7 Å². The minimum atomic E-state index is -4.42. The number of nitrogens with one attached hydrogen (secondary N) is 1. The molecule has 0 bridgehead atoms. The maximum Gasteiger partial charge on any atom is 0.459 e. The molecule has 6 atom stereocenters. The van der Waals surface area contributed by atoms with Crippen molar-refractivity contribution in [3.63, 3.8) is 0 Å². The number of ether oxygens (including phenoxy) is 4. The van der Waals surface area contributed by atoms with Crippen LogP contribution in [0, 0.1) is 17.2 Å². The molecule has 1 aliphatic heterocycles. The van der Waals surface area contributed by atoms with Crippen LogP contribution in [0.4, 0.5) is 5.82 Å². The Kier molecular flexibility index (Phi) is 19.5. The molecule has 0 spiro atoms. The number of nitrogens with zero attached hydrogens (tertiary/aromatic N) is 4. The molecular formula is C42H63N6O10P. The van der Waals surface area contributed by atoms with E-state index in [1.807, 2.05) is 13.8 Å². The summed E-state index contributed by atoms with van der Waals surface area (Å²) in [5.74, 6) is -0.959. The van der Waals surface area contributed by atoms with Crippen LogP contribution in [0.1, 0.15) is 117 Å². The maximum absolute atomic E-state index is 14.3. The quantitative estimate of drug-likeness (QED) is 0.0374. The van der Waals surface area contributed by atoms with E-state index in [9.17, 15) is 24.5 Å². The first-order valence-corrected chi connectivity index (χ1v) is 22.6. The Morgan fingerprint density at radius 3 is 2.36 bits per heavy atom. The molecule has 1 fully saturated rings. The average molecular weight is 843 g/mol. The number of unbranched alkanes of at least 4 members (excludes halogenated alkanes) is 9. The van der Waals surface area contributed by atoms with Gasteiger partial charge in [-0.1, -0.05) is 110 Å². The van der Waals surface area contributed by atoms with Crippen LogP contribution in [0.15, 0.2) is 48.8 Å². The molecule has 326 valence electrons. The SMILES string of the molecule is CCCCCCCCCCCCOCCC(=O)O[C@@H]1[C@H](O)C(COP(=O)(N[C@H](C)C(=O)OCC(CC)CC)Oc2ccccc2)O[C@@]1(C#N)c1ccc2c(N)ncnn12. The van der Waals surface area contributed by atoms with E-state index in [4.69, 9.17) is 33.7 Å². The lowest BCUT2D eigenvalue weighted by Crippen LogP contribution is -2.44. The van der Waals surface area contributed by atoms with Gasteiger partial charge in [-0.05, 0) is 43.5 Å². The summed E-state index contributed by atoms with van der Waals surface area (Å²) < 4.78 is 50.6. The van der Waals surface area contributed by atoms with Gasteiger partial charge in [-0.15, -0.1) is 0 Å². The number of carbonyl (C=O) groups excluding carboxylic acids is 2. The van der Waals surface area contributed by atoms with Gasteiger partial charge in [0, 0.05) is 6.61 Å². The van der Waals surface area contributed by atoms with Crippen molar-refractivity contribution in [3.05, 3.63) is 54.5 Å². The van der Waals surface area contributed by atoms with Crippen molar-refractivity contribution in [2.45, 2.75) is 141 Å². The second-order valence-corrected chi connectivity index (χ2v) is 16.7. The first-order chi connectivity index (χ1) is 28.5. The van der Waals surface area contributed by atoms with Gasteiger partial charge in [0.2, 0.25) is 5.60 Å². The molecular weight excluding hydrogens is 779 g/mol. The number of esters is 2. The summed E-state index contributed by atoms with van der Waals surface area (Å²) in [7, 11) is -4.42. The summed E-state index contributed by atoms with van der Waals surface area (Å²) in [6.07, 6.45) is 9.93. The highest BCUT2D eigenvalue weighted by Gasteiger charge is 2.61. The molecule has 59 heavy (non-hydrogen) atoms. The number of aliphatic hydroxyl groups excluding tert-OH is 1. The van der Waals surface area contributed by atoms with Gasteiger partial charge in [0.25, 0.3) is 0 Å². The maximum atomic E-state index is 14.3. The van der Waals surface area contributed by atoms with Crippen LogP contribution in [0.25, 0.3) is 5.52 Å². The lowest BCUT2D eigenvalue weighted by molar-refractivity contribution is -0.161. The van der Waals surface area contributed by atoms with Gasteiger partial charge < -0.3 is 34.3 Å². The lowest BCUT2D eigenvalue weighted by atomic mass is 9.92. The highest BCUT2D eigenvalue weighted by atomic mass is 31.2. The smallest absolute Gasteiger partial charge is 0.459 e. The van der Waals surface area contributed by atoms with E-state index in [-0.39, 0.29) is 42.8 Å². The van der Waals surface area contributed by atoms with E-state index in [2.05, 4.69) is 28.2 Å². The Morgan fingerprint density at radius 2 is 1.69 bits per heavy atom. The number of benzene rings is 1. The summed E-state index contributed by atoms with van der Waals surface area (Å²) in [6.45, 7) is 7.81. The van der Waals surface area contributed by atoms with Gasteiger partial charge in [-0.3, -0.25) is 14.1 Å².